The van der Waals surface area contributed by atoms with E-state index in [2.05, 4.69) is 29.0 Å². The maximum Gasteiger partial charge on any atom is 0.265 e. The molecule has 3 aromatic rings. The molecule has 2 amide bonds. The number of carbonyl (C=O) groups excluding carboxylic acids is 2. The molecule has 3 aliphatic heterocycles. The van der Waals surface area contributed by atoms with Gasteiger partial charge in [0.1, 0.15) is 18.1 Å². The number of thiazole rings is 1. The molecular formula is C27H29N5O5S. The number of nitrogens with zero attached hydrogens (tertiary/aromatic N) is 5. The summed E-state index contributed by atoms with van der Waals surface area (Å²) in [5.74, 6) is 2.62. The van der Waals surface area contributed by atoms with Crippen molar-refractivity contribution in [2.45, 2.75) is 32.6 Å². The molecule has 1 aromatic carbocycles. The van der Waals surface area contributed by atoms with Gasteiger partial charge in [-0.15, -0.1) is 21.5 Å². The number of carbonyl (C=O) groups is 2. The average molecular weight is 536 g/mol. The lowest BCUT2D eigenvalue weighted by atomic mass is 9.71. The number of ether oxygens (including phenoxy) is 2. The van der Waals surface area contributed by atoms with Gasteiger partial charge in [0.25, 0.3) is 5.91 Å². The van der Waals surface area contributed by atoms with E-state index in [4.69, 9.17) is 13.9 Å². The van der Waals surface area contributed by atoms with Crippen molar-refractivity contribution in [3.05, 3.63) is 52.1 Å². The van der Waals surface area contributed by atoms with Gasteiger partial charge >= 0.3 is 0 Å². The average Bonchev–Trinajstić information content (AvgIpc) is 3.40. The summed E-state index contributed by atoms with van der Waals surface area (Å²) in [7, 11) is 0. The highest BCUT2D eigenvalue weighted by Crippen LogP contribution is 2.55. The van der Waals surface area contributed by atoms with E-state index in [1.807, 2.05) is 28.0 Å². The van der Waals surface area contributed by atoms with Crippen molar-refractivity contribution in [2.75, 3.05) is 39.4 Å². The Balaban J connectivity index is 1.11. The molecule has 0 radical (unpaired) electrons. The van der Waals surface area contributed by atoms with Crippen LogP contribution in [0.25, 0.3) is 0 Å². The van der Waals surface area contributed by atoms with Crippen LogP contribution in [0.1, 0.15) is 53.2 Å². The number of rotatable bonds is 5. The summed E-state index contributed by atoms with van der Waals surface area (Å²) >= 11 is 1.34. The van der Waals surface area contributed by atoms with Gasteiger partial charge in [-0.2, -0.15) is 0 Å². The second-order valence-corrected chi connectivity index (χ2v) is 12.5. The highest BCUT2D eigenvalue weighted by atomic mass is 32.1. The molecule has 3 fully saturated rings. The number of aromatic nitrogens is 3. The van der Waals surface area contributed by atoms with Gasteiger partial charge in [0, 0.05) is 37.5 Å². The van der Waals surface area contributed by atoms with Crippen molar-refractivity contribution in [2.24, 2.45) is 16.7 Å². The van der Waals surface area contributed by atoms with Gasteiger partial charge in [-0.25, -0.2) is 0 Å². The molecule has 0 N–H and O–H groups in total. The first-order chi connectivity index (χ1) is 18.3. The fraction of sp³-hybridized carbons (Fsp3) is 0.519. The largest absolute Gasteiger partial charge is 0.486 e. The van der Waals surface area contributed by atoms with Crippen molar-refractivity contribution < 1.29 is 23.5 Å². The summed E-state index contributed by atoms with van der Waals surface area (Å²) < 4.78 is 17.5. The number of benzene rings is 1. The summed E-state index contributed by atoms with van der Waals surface area (Å²) in [6, 6.07) is 5.81. The zero-order valence-electron chi connectivity index (χ0n) is 21.4. The van der Waals surface area contributed by atoms with Crippen LogP contribution in [-0.2, 0) is 11.2 Å². The van der Waals surface area contributed by atoms with Crippen LogP contribution in [0.4, 0.5) is 0 Å². The zero-order chi connectivity index (χ0) is 26.1. The molecule has 198 valence electrons. The molecule has 5 heterocycles. The Labute approximate surface area is 223 Å². The topological polar surface area (TPSA) is 111 Å². The van der Waals surface area contributed by atoms with Crippen molar-refractivity contribution in [3.8, 4) is 11.5 Å². The van der Waals surface area contributed by atoms with Crippen LogP contribution in [0.3, 0.4) is 0 Å². The lowest BCUT2D eigenvalue weighted by Crippen LogP contribution is -2.62. The van der Waals surface area contributed by atoms with E-state index in [1.54, 1.807) is 11.7 Å². The van der Waals surface area contributed by atoms with Crippen LogP contribution < -0.4 is 9.47 Å². The minimum Gasteiger partial charge on any atom is -0.486 e. The van der Waals surface area contributed by atoms with Gasteiger partial charge in [-0.3, -0.25) is 14.6 Å². The smallest absolute Gasteiger partial charge is 0.265 e. The third-order valence-electron chi connectivity index (χ3n) is 8.46. The standard InChI is InChI=1S/C27H29N5O5S/c1-26(2)9-17(26)24(33)32-13-27(14-32)12-31(25(34)21-10-28-15-38-21)11-18(27)23-30-29-22(37-23)8-16-3-4-19-20(7-16)36-6-5-35-19/h3-4,7,10,15,17-18H,5-6,8-9,11-14H2,1-2H3/t17-,18?/m1/s1. The molecule has 2 aromatic heterocycles. The molecule has 38 heavy (non-hydrogen) atoms. The molecule has 0 bridgehead atoms. The summed E-state index contributed by atoms with van der Waals surface area (Å²) in [6.07, 6.45) is 3.01. The Hall–Kier alpha value is -3.47. The lowest BCUT2D eigenvalue weighted by Gasteiger charge is -2.50. The highest BCUT2D eigenvalue weighted by molar-refractivity contribution is 7.11. The van der Waals surface area contributed by atoms with Gasteiger partial charge in [-0.05, 0) is 29.5 Å². The Morgan fingerprint density at radius 1 is 1.08 bits per heavy atom. The Kier molecular flexibility index (Phi) is 5.30. The first-order valence-electron chi connectivity index (χ1n) is 13.0. The molecule has 7 rings (SSSR count). The van der Waals surface area contributed by atoms with Crippen molar-refractivity contribution >= 4 is 23.2 Å². The van der Waals surface area contributed by atoms with E-state index in [-0.39, 0.29) is 34.5 Å². The molecule has 4 aliphatic rings. The van der Waals surface area contributed by atoms with E-state index in [9.17, 15) is 9.59 Å². The third kappa shape index (κ3) is 3.95. The molecule has 11 heteroatoms. The number of hydrogen-bond acceptors (Lipinski definition) is 9. The molecule has 1 saturated carbocycles. The zero-order valence-corrected chi connectivity index (χ0v) is 22.2. The predicted octanol–water partition coefficient (Wildman–Crippen LogP) is 3.00. The third-order valence-corrected chi connectivity index (χ3v) is 9.22. The fourth-order valence-corrected chi connectivity index (χ4v) is 6.68. The minimum atomic E-state index is -0.296. The second-order valence-electron chi connectivity index (χ2n) is 11.6. The van der Waals surface area contributed by atoms with Gasteiger partial charge < -0.3 is 23.7 Å². The Morgan fingerprint density at radius 3 is 2.58 bits per heavy atom. The predicted molar refractivity (Wildman–Crippen MR) is 136 cm³/mol. The number of hydrogen-bond donors (Lipinski definition) is 0. The SMILES string of the molecule is CC1(C)C[C@@H]1C(=O)N1CC2(CN(C(=O)c3cncs3)CC2c2nnc(Cc3ccc4c(c3)OCCO4)o2)C1. The van der Waals surface area contributed by atoms with Crippen molar-refractivity contribution in [1.29, 1.82) is 0 Å². The minimum absolute atomic E-state index is 0.0431. The first kappa shape index (κ1) is 23.6. The van der Waals surface area contributed by atoms with E-state index in [1.165, 1.54) is 11.3 Å². The summed E-state index contributed by atoms with van der Waals surface area (Å²) in [6.45, 7) is 7.56. The maximum atomic E-state index is 13.2. The maximum absolute atomic E-state index is 13.2. The lowest BCUT2D eigenvalue weighted by molar-refractivity contribution is -0.146. The Morgan fingerprint density at radius 2 is 1.84 bits per heavy atom. The normalized spacial score (nSPS) is 24.4. The molecule has 10 nitrogen and oxygen atoms in total. The quantitative estimate of drug-likeness (QED) is 0.490. The number of amides is 2. The van der Waals surface area contributed by atoms with Gasteiger partial charge in [0.2, 0.25) is 17.7 Å². The molecule has 1 unspecified atom stereocenters. The monoisotopic (exact) mass is 535 g/mol. The molecule has 2 atom stereocenters. The van der Waals surface area contributed by atoms with Crippen molar-refractivity contribution in [1.82, 2.24) is 25.0 Å². The van der Waals surface area contributed by atoms with Crippen LogP contribution in [-0.4, -0.2) is 76.2 Å². The highest BCUT2D eigenvalue weighted by Gasteiger charge is 2.61. The molecule has 1 aliphatic carbocycles. The van der Waals surface area contributed by atoms with Crippen LogP contribution in [0.2, 0.25) is 0 Å². The van der Waals surface area contributed by atoms with E-state index < -0.39 is 0 Å². The van der Waals surface area contributed by atoms with Crippen LogP contribution in [0.5, 0.6) is 11.5 Å². The number of fused-ring (bicyclic) bond motifs is 1. The van der Waals surface area contributed by atoms with Crippen LogP contribution in [0.15, 0.2) is 34.3 Å². The second kappa shape index (κ2) is 8.52. The fourth-order valence-electron chi connectivity index (χ4n) is 6.09. The van der Waals surface area contributed by atoms with Crippen LogP contribution in [0, 0.1) is 16.7 Å². The summed E-state index contributed by atoms with van der Waals surface area (Å²) in [5, 5.41) is 8.77. The van der Waals surface area contributed by atoms with E-state index in [0.29, 0.717) is 62.5 Å². The summed E-state index contributed by atoms with van der Waals surface area (Å²) in [5.41, 5.74) is 2.44. The van der Waals surface area contributed by atoms with Gasteiger partial charge in [-0.1, -0.05) is 19.9 Å². The van der Waals surface area contributed by atoms with Crippen molar-refractivity contribution in [3.63, 3.8) is 0 Å². The first-order valence-corrected chi connectivity index (χ1v) is 13.9. The number of likely N-dealkylation sites (tertiary alicyclic amines) is 2. The van der Waals surface area contributed by atoms with Crippen LogP contribution >= 0.6 is 11.3 Å². The Bertz CT molecular complexity index is 1400. The van der Waals surface area contributed by atoms with Gasteiger partial charge in [0.05, 0.1) is 24.0 Å². The van der Waals surface area contributed by atoms with E-state index in [0.717, 1.165) is 23.5 Å². The molecule has 1 spiro atoms. The molecule has 2 saturated heterocycles. The van der Waals surface area contributed by atoms with E-state index >= 15 is 0 Å². The van der Waals surface area contributed by atoms with Gasteiger partial charge in [0.15, 0.2) is 11.5 Å². The summed E-state index contributed by atoms with van der Waals surface area (Å²) in [4.78, 5) is 34.8. The molecular weight excluding hydrogens is 506 g/mol.